The van der Waals surface area contributed by atoms with Crippen molar-refractivity contribution in [1.29, 1.82) is 0 Å². The van der Waals surface area contributed by atoms with Gasteiger partial charge in [-0.15, -0.1) is 11.3 Å². The van der Waals surface area contributed by atoms with Gasteiger partial charge < -0.3 is 19.5 Å². The molecular weight excluding hydrogens is 366 g/mol. The van der Waals surface area contributed by atoms with E-state index in [1.54, 1.807) is 24.5 Å². The number of benzene rings is 1. The molecule has 0 bridgehead atoms. The van der Waals surface area contributed by atoms with Crippen LogP contribution in [0, 0.1) is 6.92 Å². The zero-order valence-corrected chi connectivity index (χ0v) is 16.2. The van der Waals surface area contributed by atoms with Gasteiger partial charge in [-0.05, 0) is 19.1 Å². The molecule has 8 heteroatoms. The van der Waals surface area contributed by atoms with Crippen LogP contribution < -0.4 is 19.5 Å². The van der Waals surface area contributed by atoms with Crippen LogP contribution in [0.5, 0.6) is 17.2 Å². The van der Waals surface area contributed by atoms with Crippen LogP contribution in [0.1, 0.15) is 15.4 Å². The molecule has 0 aliphatic carbocycles. The van der Waals surface area contributed by atoms with Gasteiger partial charge in [0.2, 0.25) is 5.75 Å². The maximum Gasteiger partial charge on any atom is 0.267 e. The van der Waals surface area contributed by atoms with Crippen molar-refractivity contribution >= 4 is 22.9 Å². The molecule has 1 amide bonds. The zero-order valence-electron chi connectivity index (χ0n) is 15.4. The predicted molar refractivity (Wildman–Crippen MR) is 104 cm³/mol. The molecule has 27 heavy (non-hydrogen) atoms. The second-order valence-electron chi connectivity index (χ2n) is 5.54. The maximum atomic E-state index is 12.8. The number of methoxy groups -OCH3 is 3. The topological polar surface area (TPSA) is 82.6 Å². The van der Waals surface area contributed by atoms with Gasteiger partial charge in [0.05, 0.1) is 27.0 Å². The smallest absolute Gasteiger partial charge is 0.267 e. The van der Waals surface area contributed by atoms with E-state index in [1.807, 2.05) is 19.1 Å². The standard InChI is InChI=1S/C19H19N3O4S/c1-11-17(27-19(21-11)12-5-7-20-8-6-12)18(23)22-13-9-14(24-2)16(26-4)15(10-13)25-3/h5-10H,1-4H3,(H,22,23). The van der Waals surface area contributed by atoms with E-state index in [2.05, 4.69) is 15.3 Å². The molecule has 3 aromatic rings. The SMILES string of the molecule is COc1cc(NC(=O)c2sc(-c3ccncc3)nc2C)cc(OC)c1OC. The van der Waals surface area contributed by atoms with Crippen LogP contribution in [0.4, 0.5) is 5.69 Å². The molecule has 0 radical (unpaired) electrons. The maximum absolute atomic E-state index is 12.8. The molecule has 3 rings (SSSR count). The van der Waals surface area contributed by atoms with Crippen LogP contribution in [0.3, 0.4) is 0 Å². The van der Waals surface area contributed by atoms with E-state index in [-0.39, 0.29) is 5.91 Å². The fourth-order valence-electron chi connectivity index (χ4n) is 2.57. The minimum absolute atomic E-state index is 0.250. The van der Waals surface area contributed by atoms with Crippen LogP contribution in [0.25, 0.3) is 10.6 Å². The largest absolute Gasteiger partial charge is 0.493 e. The summed E-state index contributed by atoms with van der Waals surface area (Å²) in [5.74, 6) is 1.14. The Morgan fingerprint density at radius 2 is 1.67 bits per heavy atom. The van der Waals surface area contributed by atoms with Crippen LogP contribution in [0.15, 0.2) is 36.7 Å². The third-order valence-corrected chi connectivity index (χ3v) is 5.06. The summed E-state index contributed by atoms with van der Waals surface area (Å²) < 4.78 is 15.9. The van der Waals surface area contributed by atoms with Crippen molar-refractivity contribution in [3.05, 3.63) is 47.2 Å². The summed E-state index contributed by atoms with van der Waals surface area (Å²) in [6.07, 6.45) is 3.39. The highest BCUT2D eigenvalue weighted by molar-refractivity contribution is 7.17. The lowest BCUT2D eigenvalue weighted by atomic mass is 10.2. The lowest BCUT2D eigenvalue weighted by molar-refractivity contribution is 0.103. The predicted octanol–water partition coefficient (Wildman–Crippen LogP) is 3.79. The van der Waals surface area contributed by atoms with Gasteiger partial charge in [-0.3, -0.25) is 9.78 Å². The molecule has 0 atom stereocenters. The summed E-state index contributed by atoms with van der Waals surface area (Å²) in [6.45, 7) is 1.81. The number of carbonyl (C=O) groups excluding carboxylic acids is 1. The highest BCUT2D eigenvalue weighted by Gasteiger charge is 2.19. The van der Waals surface area contributed by atoms with Crippen molar-refractivity contribution in [2.45, 2.75) is 6.92 Å². The lowest BCUT2D eigenvalue weighted by Gasteiger charge is -2.14. The molecule has 1 aromatic carbocycles. The van der Waals surface area contributed by atoms with Gasteiger partial charge in [0.15, 0.2) is 11.5 Å². The number of nitrogens with one attached hydrogen (secondary N) is 1. The van der Waals surface area contributed by atoms with Crippen molar-refractivity contribution in [2.75, 3.05) is 26.6 Å². The first-order chi connectivity index (χ1) is 13.1. The molecule has 0 saturated carbocycles. The number of thiazole rings is 1. The Morgan fingerprint density at radius 1 is 1.04 bits per heavy atom. The first-order valence-electron chi connectivity index (χ1n) is 8.06. The normalized spacial score (nSPS) is 10.4. The Hall–Kier alpha value is -3.13. The number of anilines is 1. The summed E-state index contributed by atoms with van der Waals surface area (Å²) in [7, 11) is 4.58. The molecular formula is C19H19N3O4S. The fraction of sp³-hybridized carbons (Fsp3) is 0.211. The number of ether oxygens (including phenoxy) is 3. The van der Waals surface area contributed by atoms with E-state index in [0.29, 0.717) is 33.5 Å². The monoisotopic (exact) mass is 385 g/mol. The molecule has 1 N–H and O–H groups in total. The Morgan fingerprint density at radius 3 is 2.22 bits per heavy atom. The summed E-state index contributed by atoms with van der Waals surface area (Å²) in [5.41, 5.74) is 2.12. The molecule has 0 fully saturated rings. The minimum Gasteiger partial charge on any atom is -0.493 e. The lowest BCUT2D eigenvalue weighted by Crippen LogP contribution is -2.12. The van der Waals surface area contributed by atoms with Crippen LogP contribution in [-0.2, 0) is 0 Å². The van der Waals surface area contributed by atoms with Crippen LogP contribution in [0.2, 0.25) is 0 Å². The van der Waals surface area contributed by atoms with Crippen LogP contribution in [-0.4, -0.2) is 37.2 Å². The van der Waals surface area contributed by atoms with Crippen molar-refractivity contribution in [3.8, 4) is 27.8 Å². The quantitative estimate of drug-likeness (QED) is 0.695. The molecule has 2 heterocycles. The summed E-state index contributed by atoms with van der Waals surface area (Å²) in [6, 6.07) is 7.08. The summed E-state index contributed by atoms with van der Waals surface area (Å²) in [4.78, 5) is 21.8. The number of hydrogen-bond acceptors (Lipinski definition) is 7. The average molecular weight is 385 g/mol. The number of amides is 1. The molecule has 0 aliphatic heterocycles. The van der Waals surface area contributed by atoms with Gasteiger partial charge in [0, 0.05) is 35.8 Å². The molecule has 0 spiro atoms. The first-order valence-corrected chi connectivity index (χ1v) is 8.88. The Labute approximate surface area is 161 Å². The molecule has 2 aromatic heterocycles. The van der Waals surface area contributed by atoms with Crippen LogP contribution >= 0.6 is 11.3 Å². The Balaban J connectivity index is 1.89. The average Bonchev–Trinajstić information content (AvgIpc) is 3.09. The molecule has 140 valence electrons. The molecule has 0 aliphatic rings. The van der Waals surface area contributed by atoms with Crippen molar-refractivity contribution in [3.63, 3.8) is 0 Å². The number of aryl methyl sites for hydroxylation is 1. The minimum atomic E-state index is -0.250. The number of aromatic nitrogens is 2. The number of hydrogen-bond donors (Lipinski definition) is 1. The van der Waals surface area contributed by atoms with E-state index in [4.69, 9.17) is 14.2 Å². The van der Waals surface area contributed by atoms with Gasteiger partial charge in [-0.2, -0.15) is 0 Å². The van der Waals surface area contributed by atoms with Gasteiger partial charge in [-0.25, -0.2) is 4.98 Å². The third-order valence-electron chi connectivity index (χ3n) is 3.85. The van der Waals surface area contributed by atoms with Gasteiger partial charge in [-0.1, -0.05) is 0 Å². The first kappa shape index (κ1) is 18.7. The Bertz CT molecular complexity index is 932. The Kier molecular flexibility index (Phi) is 5.56. The summed E-state index contributed by atoms with van der Waals surface area (Å²) in [5, 5.41) is 3.64. The second kappa shape index (κ2) is 8.05. The van der Waals surface area contributed by atoms with Crippen molar-refractivity contribution < 1.29 is 19.0 Å². The van der Waals surface area contributed by atoms with Gasteiger partial charge in [0.1, 0.15) is 9.88 Å². The summed E-state index contributed by atoms with van der Waals surface area (Å²) >= 11 is 1.33. The van der Waals surface area contributed by atoms with Gasteiger partial charge >= 0.3 is 0 Å². The second-order valence-corrected chi connectivity index (χ2v) is 6.54. The highest BCUT2D eigenvalue weighted by atomic mass is 32.1. The number of pyridine rings is 1. The van der Waals surface area contributed by atoms with E-state index >= 15 is 0 Å². The number of nitrogens with zero attached hydrogens (tertiary/aromatic N) is 2. The van der Waals surface area contributed by atoms with E-state index in [1.165, 1.54) is 32.7 Å². The van der Waals surface area contributed by atoms with E-state index in [0.717, 1.165) is 10.6 Å². The van der Waals surface area contributed by atoms with Gasteiger partial charge in [0.25, 0.3) is 5.91 Å². The number of rotatable bonds is 6. The molecule has 7 nitrogen and oxygen atoms in total. The third kappa shape index (κ3) is 3.85. The van der Waals surface area contributed by atoms with Crippen molar-refractivity contribution in [1.82, 2.24) is 9.97 Å². The number of carbonyl (C=O) groups is 1. The van der Waals surface area contributed by atoms with Crippen molar-refractivity contribution in [2.24, 2.45) is 0 Å². The fourth-order valence-corrected chi connectivity index (χ4v) is 3.53. The zero-order chi connectivity index (χ0) is 19.4. The molecule has 0 saturated heterocycles. The van der Waals surface area contributed by atoms with E-state index < -0.39 is 0 Å². The van der Waals surface area contributed by atoms with E-state index in [9.17, 15) is 4.79 Å². The molecule has 0 unspecified atom stereocenters. The highest BCUT2D eigenvalue weighted by Crippen LogP contribution is 2.40.